The Kier molecular flexibility index (Phi) is 5.09. The molecule has 4 N–H and O–H groups in total. The summed E-state index contributed by atoms with van der Waals surface area (Å²) < 4.78 is 0. The molecule has 0 atom stereocenters. The molecule has 0 amide bonds. The lowest BCUT2D eigenvalue weighted by molar-refractivity contribution is 0.733. The summed E-state index contributed by atoms with van der Waals surface area (Å²) in [7, 11) is 0. The summed E-state index contributed by atoms with van der Waals surface area (Å²) in [5.41, 5.74) is 19.4. The molecule has 0 bridgehead atoms. The van der Waals surface area contributed by atoms with Gasteiger partial charge in [-0.25, -0.2) is 0 Å². The fourth-order valence-corrected chi connectivity index (χ4v) is 4.45. The summed E-state index contributed by atoms with van der Waals surface area (Å²) in [6, 6.07) is 36.1. The number of nitrogen functional groups attached to an aromatic ring is 2. The van der Waals surface area contributed by atoms with Crippen molar-refractivity contribution >= 4 is 11.4 Å². The molecule has 4 aromatic rings. The zero-order valence-electron chi connectivity index (χ0n) is 16.7. The van der Waals surface area contributed by atoms with E-state index in [-0.39, 0.29) is 0 Å². The van der Waals surface area contributed by atoms with Crippen LogP contribution in [0.3, 0.4) is 0 Å². The maximum Gasteiger partial charge on any atom is 0.0705 e. The van der Waals surface area contributed by atoms with Gasteiger partial charge >= 0.3 is 0 Å². The van der Waals surface area contributed by atoms with Gasteiger partial charge in [-0.15, -0.1) is 0 Å². The highest BCUT2D eigenvalue weighted by molar-refractivity contribution is 5.74. The van der Waals surface area contributed by atoms with Gasteiger partial charge in [0.2, 0.25) is 0 Å². The Morgan fingerprint density at radius 3 is 1.38 bits per heavy atom. The van der Waals surface area contributed by atoms with Gasteiger partial charge in [-0.2, -0.15) is 0 Å². The van der Waals surface area contributed by atoms with Crippen molar-refractivity contribution in [2.24, 2.45) is 0 Å². The van der Waals surface area contributed by atoms with Crippen LogP contribution in [0.1, 0.15) is 34.7 Å². The quantitative estimate of drug-likeness (QED) is 0.341. The first-order valence-corrected chi connectivity index (χ1v) is 10.0. The van der Waals surface area contributed by atoms with Crippen LogP contribution in [-0.4, -0.2) is 0 Å². The summed E-state index contributed by atoms with van der Waals surface area (Å²) in [6.07, 6.45) is 0.806. The number of hydrogen-bond acceptors (Lipinski definition) is 2. The van der Waals surface area contributed by atoms with Crippen LogP contribution >= 0.6 is 0 Å². The molecule has 0 radical (unpaired) electrons. The highest BCUT2D eigenvalue weighted by Crippen LogP contribution is 2.47. The fourth-order valence-electron chi connectivity index (χ4n) is 4.45. The number of rotatable bonds is 5. The molecule has 4 aromatic carbocycles. The van der Waals surface area contributed by atoms with Crippen molar-refractivity contribution in [3.63, 3.8) is 0 Å². The van der Waals surface area contributed by atoms with Crippen LogP contribution in [0.2, 0.25) is 0 Å². The van der Waals surface area contributed by atoms with E-state index in [2.05, 4.69) is 104 Å². The molecule has 0 saturated carbocycles. The summed E-state index contributed by atoms with van der Waals surface area (Å²) in [5.74, 6) is 0. The van der Waals surface area contributed by atoms with Gasteiger partial charge in [0.05, 0.1) is 16.8 Å². The van der Waals surface area contributed by atoms with Gasteiger partial charge in [-0.3, -0.25) is 0 Å². The molecule has 0 aliphatic rings. The van der Waals surface area contributed by atoms with Gasteiger partial charge in [0.15, 0.2) is 0 Å². The summed E-state index contributed by atoms with van der Waals surface area (Å²) in [4.78, 5) is 0. The molecule has 0 aliphatic heterocycles. The molecular weight excluding hydrogens is 352 g/mol. The van der Waals surface area contributed by atoms with Gasteiger partial charge in [0.25, 0.3) is 0 Å². The molecule has 0 aromatic heterocycles. The van der Waals surface area contributed by atoms with Crippen molar-refractivity contribution in [1.29, 1.82) is 0 Å². The molecule has 2 nitrogen and oxygen atoms in total. The molecule has 0 unspecified atom stereocenters. The first-order valence-electron chi connectivity index (χ1n) is 10.0. The Morgan fingerprint density at radius 2 is 1.00 bits per heavy atom. The molecule has 144 valence electrons. The van der Waals surface area contributed by atoms with E-state index in [0.717, 1.165) is 12.0 Å². The van der Waals surface area contributed by atoms with Crippen molar-refractivity contribution in [2.75, 3.05) is 11.5 Å². The van der Waals surface area contributed by atoms with Gasteiger partial charge in [0.1, 0.15) is 0 Å². The van der Waals surface area contributed by atoms with Crippen LogP contribution in [0.25, 0.3) is 0 Å². The standard InChI is InChI=1S/C27H26N2/c1-2-23-24(18-19-25(28)26(23)29)27(20-12-6-3-7-13-20,21-14-8-4-9-15-21)22-16-10-5-11-17-22/h3-19H,2,28-29H2,1H3. The Hall–Kier alpha value is -3.52. The van der Waals surface area contributed by atoms with Crippen molar-refractivity contribution in [3.05, 3.63) is 131 Å². The number of nitrogens with two attached hydrogens (primary N) is 2. The summed E-state index contributed by atoms with van der Waals surface area (Å²) in [5, 5.41) is 0. The first kappa shape index (κ1) is 18.8. The molecule has 29 heavy (non-hydrogen) atoms. The highest BCUT2D eigenvalue weighted by atomic mass is 14.7. The van der Waals surface area contributed by atoms with E-state index >= 15 is 0 Å². The normalized spacial score (nSPS) is 11.3. The molecule has 0 aliphatic carbocycles. The smallest absolute Gasteiger partial charge is 0.0705 e. The van der Waals surface area contributed by atoms with E-state index in [0.29, 0.717) is 11.4 Å². The molecule has 2 heteroatoms. The molecule has 0 spiro atoms. The third-order valence-electron chi connectivity index (χ3n) is 5.77. The Bertz CT molecular complexity index is 991. The number of hydrogen-bond donors (Lipinski definition) is 2. The second-order valence-electron chi connectivity index (χ2n) is 7.30. The third-order valence-corrected chi connectivity index (χ3v) is 5.77. The number of anilines is 2. The van der Waals surface area contributed by atoms with E-state index in [1.165, 1.54) is 22.3 Å². The van der Waals surface area contributed by atoms with Crippen molar-refractivity contribution in [3.8, 4) is 0 Å². The average Bonchev–Trinajstić information content (AvgIpc) is 2.79. The maximum atomic E-state index is 6.50. The minimum atomic E-state index is -0.489. The maximum absolute atomic E-state index is 6.50. The van der Waals surface area contributed by atoms with Gasteiger partial charge in [-0.05, 0) is 40.3 Å². The largest absolute Gasteiger partial charge is 0.397 e. The summed E-state index contributed by atoms with van der Waals surface area (Å²) >= 11 is 0. The first-order chi connectivity index (χ1) is 14.2. The predicted octanol–water partition coefficient (Wildman–Crippen LogP) is 5.80. The molecule has 0 saturated heterocycles. The van der Waals surface area contributed by atoms with Crippen LogP contribution in [0.4, 0.5) is 11.4 Å². The molecule has 0 heterocycles. The van der Waals surface area contributed by atoms with Gasteiger partial charge in [-0.1, -0.05) is 104 Å². The SMILES string of the molecule is CCc1c(C(c2ccccc2)(c2ccccc2)c2ccccc2)ccc(N)c1N. The molecular formula is C27H26N2. The van der Waals surface area contributed by atoms with E-state index in [4.69, 9.17) is 11.5 Å². The lowest BCUT2D eigenvalue weighted by atomic mass is 9.63. The monoisotopic (exact) mass is 378 g/mol. The Balaban J connectivity index is 2.20. The highest BCUT2D eigenvalue weighted by Gasteiger charge is 2.40. The van der Waals surface area contributed by atoms with Crippen LogP contribution < -0.4 is 11.5 Å². The van der Waals surface area contributed by atoms with E-state index in [1.54, 1.807) is 0 Å². The fraction of sp³-hybridized carbons (Fsp3) is 0.111. The average molecular weight is 379 g/mol. The van der Waals surface area contributed by atoms with Crippen LogP contribution in [-0.2, 0) is 11.8 Å². The van der Waals surface area contributed by atoms with Crippen molar-refractivity contribution < 1.29 is 0 Å². The van der Waals surface area contributed by atoms with Crippen molar-refractivity contribution in [1.82, 2.24) is 0 Å². The van der Waals surface area contributed by atoms with Gasteiger partial charge < -0.3 is 11.5 Å². The zero-order chi connectivity index (χ0) is 20.3. The summed E-state index contributed by atoms with van der Waals surface area (Å²) in [6.45, 7) is 2.14. The van der Waals surface area contributed by atoms with Crippen LogP contribution in [0.5, 0.6) is 0 Å². The second-order valence-corrected chi connectivity index (χ2v) is 7.30. The zero-order valence-corrected chi connectivity index (χ0v) is 16.7. The van der Waals surface area contributed by atoms with E-state index < -0.39 is 5.41 Å². The second kappa shape index (κ2) is 7.84. The van der Waals surface area contributed by atoms with E-state index in [1.807, 2.05) is 6.07 Å². The minimum Gasteiger partial charge on any atom is -0.397 e. The molecule has 0 fully saturated rings. The molecule has 4 rings (SSSR count). The van der Waals surface area contributed by atoms with Crippen LogP contribution in [0, 0.1) is 0 Å². The lowest BCUT2D eigenvalue weighted by Gasteiger charge is -2.38. The van der Waals surface area contributed by atoms with Crippen molar-refractivity contribution in [2.45, 2.75) is 18.8 Å². The third kappa shape index (κ3) is 3.07. The van der Waals surface area contributed by atoms with E-state index in [9.17, 15) is 0 Å². The topological polar surface area (TPSA) is 52.0 Å². The van der Waals surface area contributed by atoms with Gasteiger partial charge in [0, 0.05) is 0 Å². The van der Waals surface area contributed by atoms with Crippen LogP contribution in [0.15, 0.2) is 103 Å². The minimum absolute atomic E-state index is 0.489. The number of benzene rings is 4. The predicted molar refractivity (Wildman–Crippen MR) is 123 cm³/mol. The Morgan fingerprint density at radius 1 is 0.586 bits per heavy atom. The lowest BCUT2D eigenvalue weighted by Crippen LogP contribution is -2.32. The Labute approximate surface area is 172 Å².